The summed E-state index contributed by atoms with van der Waals surface area (Å²) < 4.78 is 56.4. The fourth-order valence-electron chi connectivity index (χ4n) is 1.95. The summed E-state index contributed by atoms with van der Waals surface area (Å²) in [5.41, 5.74) is -1.49. The number of nitrogens with one attached hydrogen (secondary N) is 1. The van der Waals surface area contributed by atoms with E-state index >= 15 is 0 Å². The van der Waals surface area contributed by atoms with E-state index in [0.29, 0.717) is 22.5 Å². The highest BCUT2D eigenvalue weighted by Gasteiger charge is 2.33. The third-order valence-corrected chi connectivity index (χ3v) is 4.92. The third kappa shape index (κ3) is 5.54. The number of benzene rings is 1. The predicted molar refractivity (Wildman–Crippen MR) is 92.3 cm³/mol. The predicted octanol–water partition coefficient (Wildman–Crippen LogP) is 4.26. The van der Waals surface area contributed by atoms with Crippen molar-refractivity contribution >= 4 is 23.1 Å². The van der Waals surface area contributed by atoms with E-state index in [2.05, 4.69) is 15.0 Å². The van der Waals surface area contributed by atoms with Gasteiger partial charge in [0.2, 0.25) is 0 Å². The number of rotatable bonds is 6. The number of alkyl halides is 3. The zero-order valence-electron chi connectivity index (χ0n) is 13.4. The first-order chi connectivity index (χ1) is 12.8. The molecule has 5 nitrogen and oxygen atoms in total. The average Bonchev–Trinajstić information content (AvgIpc) is 3.06. The maximum atomic E-state index is 12.8. The highest BCUT2D eigenvalue weighted by Crippen LogP contribution is 2.28. The molecule has 142 valence electrons. The number of H-pyrrole nitrogens is 1. The molecule has 0 unspecified atom stereocenters. The minimum absolute atomic E-state index is 0.132. The van der Waals surface area contributed by atoms with E-state index in [1.807, 2.05) is 0 Å². The highest BCUT2D eigenvalue weighted by molar-refractivity contribution is 7.98. The summed E-state index contributed by atoms with van der Waals surface area (Å²) in [5, 5.41) is 2.26. The number of ether oxygens (including phenoxy) is 1. The summed E-state index contributed by atoms with van der Waals surface area (Å²) in [4.78, 5) is 21.3. The molecule has 0 saturated carbocycles. The van der Waals surface area contributed by atoms with Crippen molar-refractivity contribution < 1.29 is 22.3 Å². The lowest BCUT2D eigenvalue weighted by molar-refractivity contribution is -0.141. The van der Waals surface area contributed by atoms with Crippen LogP contribution in [-0.2, 0) is 18.5 Å². The molecule has 1 aromatic carbocycles. The van der Waals surface area contributed by atoms with Crippen molar-refractivity contribution in [1.82, 2.24) is 15.0 Å². The first-order valence-corrected chi connectivity index (χ1v) is 9.29. The van der Waals surface area contributed by atoms with Gasteiger partial charge in [-0.05, 0) is 24.3 Å². The Balaban J connectivity index is 1.59. The summed E-state index contributed by atoms with van der Waals surface area (Å²) >= 11 is 2.26. The lowest BCUT2D eigenvalue weighted by atomic mass is 10.3. The molecule has 3 aromatic rings. The van der Waals surface area contributed by atoms with Crippen LogP contribution in [0.1, 0.15) is 16.4 Å². The topological polar surface area (TPSA) is 67.9 Å². The van der Waals surface area contributed by atoms with E-state index < -0.39 is 17.4 Å². The van der Waals surface area contributed by atoms with E-state index in [9.17, 15) is 22.4 Å². The molecule has 0 atom stereocenters. The average molecular weight is 417 g/mol. The van der Waals surface area contributed by atoms with Gasteiger partial charge in [-0.1, -0.05) is 11.8 Å². The number of hydrogen-bond acceptors (Lipinski definition) is 6. The first kappa shape index (κ1) is 19.4. The van der Waals surface area contributed by atoms with Gasteiger partial charge >= 0.3 is 6.18 Å². The number of aromatic amines is 1. The summed E-state index contributed by atoms with van der Waals surface area (Å²) in [6.07, 6.45) is -4.69. The van der Waals surface area contributed by atoms with Gasteiger partial charge in [0.1, 0.15) is 23.2 Å². The Morgan fingerprint density at radius 1 is 1.19 bits per heavy atom. The number of thiazole rings is 1. The minimum Gasteiger partial charge on any atom is -0.486 e. The van der Waals surface area contributed by atoms with Crippen molar-refractivity contribution in [1.29, 1.82) is 0 Å². The van der Waals surface area contributed by atoms with Gasteiger partial charge in [0, 0.05) is 17.2 Å². The van der Waals surface area contributed by atoms with Gasteiger partial charge in [-0.3, -0.25) is 4.79 Å². The Kier molecular flexibility index (Phi) is 5.80. The van der Waals surface area contributed by atoms with Crippen LogP contribution >= 0.6 is 23.1 Å². The highest BCUT2D eigenvalue weighted by atomic mass is 32.2. The lowest BCUT2D eigenvalue weighted by Gasteiger charge is -2.06. The van der Waals surface area contributed by atoms with Crippen LogP contribution in [0, 0.1) is 5.82 Å². The SMILES string of the molecule is O=c1cc(C(F)(F)F)nc(SCc2csc(COc3ccc(F)cc3)n2)[nH]1. The molecule has 1 N–H and O–H groups in total. The summed E-state index contributed by atoms with van der Waals surface area (Å²) in [6.45, 7) is 0.180. The molecule has 0 aliphatic carbocycles. The summed E-state index contributed by atoms with van der Waals surface area (Å²) in [5.74, 6) is 0.363. The van der Waals surface area contributed by atoms with Crippen LogP contribution in [0.15, 0.2) is 45.7 Å². The molecular formula is C16H11F4N3O2S2. The fourth-order valence-corrected chi connectivity index (χ4v) is 3.53. The number of aromatic nitrogens is 3. The van der Waals surface area contributed by atoms with Gasteiger partial charge in [0.05, 0.1) is 5.69 Å². The van der Waals surface area contributed by atoms with Gasteiger partial charge in [-0.25, -0.2) is 14.4 Å². The van der Waals surface area contributed by atoms with Gasteiger partial charge in [0.15, 0.2) is 10.9 Å². The molecule has 27 heavy (non-hydrogen) atoms. The first-order valence-electron chi connectivity index (χ1n) is 7.42. The Bertz CT molecular complexity index is 971. The molecule has 0 saturated heterocycles. The minimum atomic E-state index is -4.69. The second kappa shape index (κ2) is 8.09. The molecule has 0 radical (unpaired) electrons. The molecule has 0 fully saturated rings. The molecule has 2 aromatic heterocycles. The van der Waals surface area contributed by atoms with Crippen LogP contribution in [-0.4, -0.2) is 15.0 Å². The van der Waals surface area contributed by atoms with Gasteiger partial charge in [0.25, 0.3) is 5.56 Å². The van der Waals surface area contributed by atoms with Crippen LogP contribution in [0.2, 0.25) is 0 Å². The van der Waals surface area contributed by atoms with E-state index in [1.165, 1.54) is 35.6 Å². The fraction of sp³-hybridized carbons (Fsp3) is 0.188. The van der Waals surface area contributed by atoms with Gasteiger partial charge in [-0.15, -0.1) is 11.3 Å². The van der Waals surface area contributed by atoms with Crippen LogP contribution in [0.25, 0.3) is 0 Å². The van der Waals surface area contributed by atoms with Crippen LogP contribution in [0.5, 0.6) is 5.75 Å². The molecule has 0 amide bonds. The van der Waals surface area contributed by atoms with E-state index in [1.54, 1.807) is 5.38 Å². The van der Waals surface area contributed by atoms with Crippen molar-refractivity contribution in [2.45, 2.75) is 23.7 Å². The van der Waals surface area contributed by atoms with Crippen molar-refractivity contribution in [2.24, 2.45) is 0 Å². The molecule has 2 heterocycles. The number of thioether (sulfide) groups is 1. The Hall–Kier alpha value is -2.40. The maximum Gasteiger partial charge on any atom is 0.433 e. The Labute approximate surface area is 158 Å². The monoisotopic (exact) mass is 417 g/mol. The van der Waals surface area contributed by atoms with Crippen LogP contribution in [0.3, 0.4) is 0 Å². The molecular weight excluding hydrogens is 406 g/mol. The van der Waals surface area contributed by atoms with Crippen LogP contribution in [0.4, 0.5) is 17.6 Å². The van der Waals surface area contributed by atoms with Crippen molar-refractivity contribution in [3.8, 4) is 5.75 Å². The quantitative estimate of drug-likeness (QED) is 0.369. The van der Waals surface area contributed by atoms with E-state index in [4.69, 9.17) is 4.74 Å². The normalized spacial score (nSPS) is 11.6. The standard InChI is InChI=1S/C16H11F4N3O2S2/c17-9-1-3-11(4-2-9)25-6-14-21-10(7-26-14)8-27-15-22-12(16(18,19)20)5-13(24)23-15/h1-5,7H,6,8H2,(H,22,23,24). The van der Waals surface area contributed by atoms with Gasteiger partial charge in [-0.2, -0.15) is 13.2 Å². The van der Waals surface area contributed by atoms with E-state index in [0.717, 1.165) is 11.8 Å². The van der Waals surface area contributed by atoms with Crippen LogP contribution < -0.4 is 10.3 Å². The lowest BCUT2D eigenvalue weighted by Crippen LogP contribution is -2.16. The Morgan fingerprint density at radius 3 is 2.63 bits per heavy atom. The van der Waals surface area contributed by atoms with Crippen molar-refractivity contribution in [2.75, 3.05) is 0 Å². The smallest absolute Gasteiger partial charge is 0.433 e. The zero-order chi connectivity index (χ0) is 19.4. The van der Waals surface area contributed by atoms with E-state index in [-0.39, 0.29) is 23.3 Å². The Morgan fingerprint density at radius 2 is 1.93 bits per heavy atom. The summed E-state index contributed by atoms with van der Waals surface area (Å²) in [7, 11) is 0. The molecule has 0 spiro atoms. The second-order valence-electron chi connectivity index (χ2n) is 5.20. The second-order valence-corrected chi connectivity index (χ2v) is 7.10. The molecule has 3 rings (SSSR count). The third-order valence-electron chi connectivity index (χ3n) is 3.14. The number of hydrogen-bond donors (Lipinski definition) is 1. The maximum absolute atomic E-state index is 12.8. The largest absolute Gasteiger partial charge is 0.486 e. The zero-order valence-corrected chi connectivity index (χ0v) is 15.1. The molecule has 0 aliphatic rings. The number of halogens is 4. The van der Waals surface area contributed by atoms with Gasteiger partial charge < -0.3 is 9.72 Å². The summed E-state index contributed by atoms with van der Waals surface area (Å²) in [6, 6.07) is 5.96. The molecule has 0 aliphatic heterocycles. The van der Waals surface area contributed by atoms with Crippen molar-refractivity contribution in [3.63, 3.8) is 0 Å². The number of nitrogens with zero attached hydrogens (tertiary/aromatic N) is 2. The van der Waals surface area contributed by atoms with Crippen molar-refractivity contribution in [3.05, 3.63) is 68.3 Å². The molecule has 0 bridgehead atoms. The molecule has 11 heteroatoms.